The average molecular weight is 283 g/mol. The summed E-state index contributed by atoms with van der Waals surface area (Å²) in [5.74, 6) is 1.52. The third-order valence-corrected chi connectivity index (χ3v) is 3.77. The van der Waals surface area contributed by atoms with Crippen molar-refractivity contribution in [3.05, 3.63) is 53.6 Å². The molecule has 4 heteroatoms. The molecule has 0 aromatic heterocycles. The van der Waals surface area contributed by atoms with Crippen LogP contribution in [0.3, 0.4) is 0 Å². The molecule has 0 radical (unpaired) electrons. The summed E-state index contributed by atoms with van der Waals surface area (Å²) < 4.78 is 10.4. The average Bonchev–Trinajstić information content (AvgIpc) is 2.97. The minimum absolute atomic E-state index is 0.00431. The Bertz CT molecular complexity index is 664. The van der Waals surface area contributed by atoms with Crippen molar-refractivity contribution in [2.24, 2.45) is 0 Å². The highest BCUT2D eigenvalue weighted by Crippen LogP contribution is 2.32. The van der Waals surface area contributed by atoms with Crippen molar-refractivity contribution in [2.75, 3.05) is 25.7 Å². The first-order valence-corrected chi connectivity index (χ1v) is 6.86. The van der Waals surface area contributed by atoms with Gasteiger partial charge in [0.05, 0.1) is 19.9 Å². The van der Waals surface area contributed by atoms with Gasteiger partial charge in [-0.15, -0.1) is 0 Å². The van der Waals surface area contributed by atoms with Gasteiger partial charge in [0.2, 0.25) is 0 Å². The van der Waals surface area contributed by atoms with Crippen LogP contribution >= 0.6 is 0 Å². The first-order chi connectivity index (χ1) is 10.2. The van der Waals surface area contributed by atoms with Crippen LogP contribution in [0, 0.1) is 0 Å². The molecule has 4 nitrogen and oxygen atoms in total. The molecule has 2 aromatic carbocycles. The lowest BCUT2D eigenvalue weighted by molar-refractivity contribution is 0.0989. The third-order valence-electron chi connectivity index (χ3n) is 3.77. The summed E-state index contributed by atoms with van der Waals surface area (Å²) >= 11 is 0. The molecular formula is C17H17NO3. The number of rotatable bonds is 3. The fraction of sp³-hybridized carbons (Fsp3) is 0.235. The van der Waals surface area contributed by atoms with E-state index in [-0.39, 0.29) is 5.91 Å². The molecule has 0 saturated heterocycles. The zero-order valence-corrected chi connectivity index (χ0v) is 12.1. The largest absolute Gasteiger partial charge is 0.497 e. The lowest BCUT2D eigenvalue weighted by atomic mass is 10.1. The fourth-order valence-electron chi connectivity index (χ4n) is 2.59. The second-order valence-corrected chi connectivity index (χ2v) is 4.93. The van der Waals surface area contributed by atoms with Crippen molar-refractivity contribution >= 4 is 11.6 Å². The molecule has 21 heavy (non-hydrogen) atoms. The molecule has 0 N–H and O–H groups in total. The van der Waals surface area contributed by atoms with Gasteiger partial charge in [0.25, 0.3) is 5.91 Å². The van der Waals surface area contributed by atoms with Crippen LogP contribution in [0.15, 0.2) is 42.5 Å². The number of carbonyl (C=O) groups is 1. The normalized spacial score (nSPS) is 13.0. The SMILES string of the molecule is COc1ccc(C(=O)N2CCc3ccc(OC)cc32)cc1. The molecule has 2 aromatic rings. The Labute approximate surface area is 123 Å². The van der Waals surface area contributed by atoms with Crippen LogP contribution in [-0.2, 0) is 6.42 Å². The predicted molar refractivity (Wildman–Crippen MR) is 81.4 cm³/mol. The van der Waals surface area contributed by atoms with Crippen molar-refractivity contribution in [1.82, 2.24) is 0 Å². The molecule has 1 amide bonds. The molecule has 1 aliphatic heterocycles. The fourth-order valence-corrected chi connectivity index (χ4v) is 2.59. The first kappa shape index (κ1) is 13.5. The number of ether oxygens (including phenoxy) is 2. The summed E-state index contributed by atoms with van der Waals surface area (Å²) in [6, 6.07) is 13.1. The number of hydrogen-bond acceptors (Lipinski definition) is 3. The molecule has 108 valence electrons. The summed E-state index contributed by atoms with van der Waals surface area (Å²) in [7, 11) is 3.24. The summed E-state index contributed by atoms with van der Waals surface area (Å²) in [5.41, 5.74) is 2.78. The number of carbonyl (C=O) groups excluding carboxylic acids is 1. The van der Waals surface area contributed by atoms with E-state index >= 15 is 0 Å². The number of fused-ring (bicyclic) bond motifs is 1. The zero-order valence-electron chi connectivity index (χ0n) is 12.1. The third kappa shape index (κ3) is 2.44. The van der Waals surface area contributed by atoms with Gasteiger partial charge in [-0.05, 0) is 42.3 Å². The van der Waals surface area contributed by atoms with E-state index in [1.807, 2.05) is 18.2 Å². The van der Waals surface area contributed by atoms with Gasteiger partial charge in [0, 0.05) is 18.2 Å². The van der Waals surface area contributed by atoms with E-state index in [4.69, 9.17) is 9.47 Å². The Morgan fingerprint density at radius 3 is 2.33 bits per heavy atom. The highest BCUT2D eigenvalue weighted by Gasteiger charge is 2.26. The molecule has 0 fully saturated rings. The van der Waals surface area contributed by atoms with Gasteiger partial charge in [-0.1, -0.05) is 6.07 Å². The van der Waals surface area contributed by atoms with Crippen LogP contribution in [-0.4, -0.2) is 26.7 Å². The predicted octanol–water partition coefficient (Wildman–Crippen LogP) is 2.91. The molecule has 3 rings (SSSR count). The molecule has 0 aliphatic carbocycles. The summed E-state index contributed by atoms with van der Waals surface area (Å²) in [4.78, 5) is 14.5. The van der Waals surface area contributed by atoms with E-state index in [2.05, 4.69) is 0 Å². The number of anilines is 1. The van der Waals surface area contributed by atoms with Crippen LogP contribution in [0.2, 0.25) is 0 Å². The first-order valence-electron chi connectivity index (χ1n) is 6.86. The number of amides is 1. The molecule has 0 spiro atoms. The second kappa shape index (κ2) is 5.48. The molecule has 0 bridgehead atoms. The quantitative estimate of drug-likeness (QED) is 0.869. The van der Waals surface area contributed by atoms with Crippen LogP contribution in [0.25, 0.3) is 0 Å². The van der Waals surface area contributed by atoms with E-state index in [1.54, 1.807) is 43.4 Å². The molecule has 1 aliphatic rings. The molecule has 0 atom stereocenters. The van der Waals surface area contributed by atoms with Crippen molar-refractivity contribution in [3.8, 4) is 11.5 Å². The van der Waals surface area contributed by atoms with Crippen LogP contribution < -0.4 is 14.4 Å². The maximum absolute atomic E-state index is 12.7. The van der Waals surface area contributed by atoms with Crippen LogP contribution in [0.5, 0.6) is 11.5 Å². The number of nitrogens with zero attached hydrogens (tertiary/aromatic N) is 1. The summed E-state index contributed by atoms with van der Waals surface area (Å²) in [6.07, 6.45) is 0.876. The van der Waals surface area contributed by atoms with Crippen molar-refractivity contribution in [3.63, 3.8) is 0 Å². The number of benzene rings is 2. The standard InChI is InChI=1S/C17H17NO3/c1-20-14-6-4-13(5-7-14)17(19)18-10-9-12-3-8-15(21-2)11-16(12)18/h3-8,11H,9-10H2,1-2H3. The summed E-state index contributed by atoms with van der Waals surface area (Å²) in [5, 5.41) is 0. The minimum Gasteiger partial charge on any atom is -0.497 e. The van der Waals surface area contributed by atoms with Crippen molar-refractivity contribution in [1.29, 1.82) is 0 Å². The lowest BCUT2D eigenvalue weighted by Crippen LogP contribution is -2.28. The Morgan fingerprint density at radius 1 is 1.00 bits per heavy atom. The van der Waals surface area contributed by atoms with Crippen molar-refractivity contribution in [2.45, 2.75) is 6.42 Å². The van der Waals surface area contributed by atoms with Gasteiger partial charge in [-0.25, -0.2) is 0 Å². The van der Waals surface area contributed by atoms with Gasteiger partial charge < -0.3 is 14.4 Å². The molecule has 0 unspecified atom stereocenters. The topological polar surface area (TPSA) is 38.8 Å². The Balaban J connectivity index is 1.90. The van der Waals surface area contributed by atoms with E-state index in [9.17, 15) is 4.79 Å². The van der Waals surface area contributed by atoms with Gasteiger partial charge in [0.15, 0.2) is 0 Å². The minimum atomic E-state index is 0.00431. The van der Waals surface area contributed by atoms with E-state index in [0.717, 1.165) is 23.6 Å². The Morgan fingerprint density at radius 2 is 1.67 bits per heavy atom. The van der Waals surface area contributed by atoms with Gasteiger partial charge in [0.1, 0.15) is 11.5 Å². The summed E-state index contributed by atoms with van der Waals surface area (Å²) in [6.45, 7) is 0.702. The second-order valence-electron chi connectivity index (χ2n) is 4.93. The number of hydrogen-bond donors (Lipinski definition) is 0. The van der Waals surface area contributed by atoms with E-state index in [1.165, 1.54) is 5.56 Å². The lowest BCUT2D eigenvalue weighted by Gasteiger charge is -2.18. The highest BCUT2D eigenvalue weighted by atomic mass is 16.5. The van der Waals surface area contributed by atoms with Crippen LogP contribution in [0.4, 0.5) is 5.69 Å². The van der Waals surface area contributed by atoms with Gasteiger partial charge in [-0.2, -0.15) is 0 Å². The number of methoxy groups -OCH3 is 2. The smallest absolute Gasteiger partial charge is 0.258 e. The highest BCUT2D eigenvalue weighted by molar-refractivity contribution is 6.07. The zero-order chi connectivity index (χ0) is 14.8. The van der Waals surface area contributed by atoms with Gasteiger partial charge in [-0.3, -0.25) is 4.79 Å². The van der Waals surface area contributed by atoms with E-state index < -0.39 is 0 Å². The van der Waals surface area contributed by atoms with Crippen molar-refractivity contribution < 1.29 is 14.3 Å². The monoisotopic (exact) mass is 283 g/mol. The van der Waals surface area contributed by atoms with E-state index in [0.29, 0.717) is 12.1 Å². The maximum Gasteiger partial charge on any atom is 0.258 e. The maximum atomic E-state index is 12.7. The molecule has 1 heterocycles. The Kier molecular flexibility index (Phi) is 3.52. The molecule has 0 saturated carbocycles. The van der Waals surface area contributed by atoms with Gasteiger partial charge >= 0.3 is 0 Å². The molecular weight excluding hydrogens is 266 g/mol. The van der Waals surface area contributed by atoms with Crippen LogP contribution in [0.1, 0.15) is 15.9 Å². The Hall–Kier alpha value is -2.49.